The highest BCUT2D eigenvalue weighted by atomic mass is 16.7. The minimum absolute atomic E-state index is 0.306. The third-order valence-corrected chi connectivity index (χ3v) is 9.64. The lowest BCUT2D eigenvalue weighted by molar-refractivity contribution is -0.302. The van der Waals surface area contributed by atoms with Gasteiger partial charge in [0.05, 0.1) is 25.4 Å². The number of amides is 1. The monoisotopic (exact) mass is 714 g/mol. The molecule has 0 aromatic rings. The summed E-state index contributed by atoms with van der Waals surface area (Å²) in [6, 6.07) is -0.990. The molecule has 1 saturated heterocycles. The highest BCUT2D eigenvalue weighted by Gasteiger charge is 2.44. The van der Waals surface area contributed by atoms with Crippen LogP contribution in [0.1, 0.15) is 162 Å². The van der Waals surface area contributed by atoms with Crippen molar-refractivity contribution in [1.82, 2.24) is 5.32 Å². The number of hydrogen-bond acceptors (Lipinski definition) is 9. The summed E-state index contributed by atoms with van der Waals surface area (Å²) in [7, 11) is 0. The molecule has 0 aromatic heterocycles. The van der Waals surface area contributed by atoms with Gasteiger partial charge in [0.25, 0.3) is 0 Å². The number of rotatable bonds is 32. The Bertz CT molecular complexity index is 855. The predicted octanol–water partition coefficient (Wildman–Crippen LogP) is 6.13. The molecule has 0 aliphatic carbocycles. The Morgan fingerprint density at radius 1 is 0.680 bits per heavy atom. The summed E-state index contributed by atoms with van der Waals surface area (Å²) in [5, 5.41) is 64.3. The molecule has 3 unspecified atom stereocenters. The van der Waals surface area contributed by atoms with Gasteiger partial charge in [0.15, 0.2) is 6.29 Å². The number of aliphatic hydroxyl groups is 6. The number of nitrogens with one attached hydrogen (secondary N) is 1. The topological polar surface area (TPSA) is 169 Å². The van der Waals surface area contributed by atoms with E-state index in [1.165, 1.54) is 96.3 Å². The van der Waals surface area contributed by atoms with Crippen LogP contribution >= 0.6 is 0 Å². The van der Waals surface area contributed by atoms with Gasteiger partial charge in [-0.05, 0) is 32.1 Å². The Morgan fingerprint density at radius 2 is 1.18 bits per heavy atom. The highest BCUT2D eigenvalue weighted by Crippen LogP contribution is 2.22. The summed E-state index contributed by atoms with van der Waals surface area (Å²) in [5.74, 6) is -0.628. The number of carbonyl (C=O) groups is 1. The minimum atomic E-state index is -1.61. The van der Waals surface area contributed by atoms with E-state index < -0.39 is 61.5 Å². The molecule has 0 bridgehead atoms. The van der Waals surface area contributed by atoms with Gasteiger partial charge in [-0.15, -0.1) is 0 Å². The maximum atomic E-state index is 12.9. The van der Waals surface area contributed by atoms with Gasteiger partial charge < -0.3 is 45.4 Å². The summed E-state index contributed by atoms with van der Waals surface area (Å²) in [5.41, 5.74) is 0. The van der Waals surface area contributed by atoms with Crippen LogP contribution in [0.5, 0.6) is 0 Å². The minimum Gasteiger partial charge on any atom is -0.394 e. The number of aliphatic hydroxyl groups excluding tert-OH is 6. The van der Waals surface area contributed by atoms with E-state index in [1.54, 1.807) is 6.08 Å². The molecule has 0 saturated carbocycles. The molecule has 1 rings (SSSR count). The van der Waals surface area contributed by atoms with E-state index in [1.807, 2.05) is 6.08 Å². The Labute approximate surface area is 303 Å². The first-order valence-electron chi connectivity index (χ1n) is 20.2. The van der Waals surface area contributed by atoms with Gasteiger partial charge in [0.1, 0.15) is 30.5 Å². The van der Waals surface area contributed by atoms with Crippen LogP contribution in [0.25, 0.3) is 0 Å². The average Bonchev–Trinajstić information content (AvgIpc) is 3.11. The Hall–Kier alpha value is -1.37. The van der Waals surface area contributed by atoms with Crippen molar-refractivity contribution in [2.75, 3.05) is 13.2 Å². The van der Waals surface area contributed by atoms with E-state index in [9.17, 15) is 35.4 Å². The zero-order chi connectivity index (χ0) is 36.8. The van der Waals surface area contributed by atoms with Gasteiger partial charge in [0.2, 0.25) is 5.91 Å². The van der Waals surface area contributed by atoms with Crippen LogP contribution in [0.3, 0.4) is 0 Å². The Balaban J connectivity index is 2.54. The van der Waals surface area contributed by atoms with Crippen molar-refractivity contribution >= 4 is 5.91 Å². The molecule has 10 nitrogen and oxygen atoms in total. The maximum Gasteiger partial charge on any atom is 0.249 e. The SMILES string of the molecule is CCCCCCCCC/C=C/CC/C=C/C(O)C(CO[C@@H]1O[C@H](CO)[C@@H](O)[C@H](O)[C@H]1O)NC(=O)C(O)CCCCCCCCCCCCCC. The Morgan fingerprint density at radius 3 is 1.74 bits per heavy atom. The standard InChI is InChI=1S/C40H75NO9/c1-3-5-7-9-11-13-15-17-19-20-22-24-26-28-33(43)32(31-49-40-38(47)37(46)36(45)35(30-42)50-40)41-39(48)34(44)29-27-25-23-21-18-16-14-12-10-8-6-4-2/h19-20,26,28,32-38,40,42-47H,3-18,21-25,27,29-31H2,1-2H3,(H,41,48)/b20-19+,28-26+/t32?,33?,34?,35-,36-,37+,38-,40-/m1/s1. The molecule has 8 atom stereocenters. The van der Waals surface area contributed by atoms with E-state index in [0.29, 0.717) is 19.3 Å². The second-order valence-electron chi connectivity index (χ2n) is 14.2. The summed E-state index contributed by atoms with van der Waals surface area (Å²) in [6.45, 7) is 3.54. The molecule has 1 amide bonds. The van der Waals surface area contributed by atoms with E-state index in [4.69, 9.17) is 9.47 Å². The van der Waals surface area contributed by atoms with Crippen LogP contribution < -0.4 is 5.32 Å². The first kappa shape index (κ1) is 46.7. The normalized spacial score (nSPS) is 23.1. The van der Waals surface area contributed by atoms with Crippen LogP contribution in [-0.2, 0) is 14.3 Å². The first-order valence-corrected chi connectivity index (χ1v) is 20.2. The number of allylic oxidation sites excluding steroid dienone is 3. The van der Waals surface area contributed by atoms with Crippen molar-refractivity contribution in [2.24, 2.45) is 0 Å². The molecule has 0 spiro atoms. The van der Waals surface area contributed by atoms with Crippen molar-refractivity contribution < 1.29 is 44.9 Å². The third-order valence-electron chi connectivity index (χ3n) is 9.64. The molecule has 50 heavy (non-hydrogen) atoms. The molecule has 294 valence electrons. The molecular formula is C40H75NO9. The molecule has 0 radical (unpaired) electrons. The summed E-state index contributed by atoms with van der Waals surface area (Å²) in [4.78, 5) is 12.9. The quantitative estimate of drug-likeness (QED) is 0.0320. The lowest BCUT2D eigenvalue weighted by Gasteiger charge is -2.40. The van der Waals surface area contributed by atoms with Crippen molar-refractivity contribution in [3.8, 4) is 0 Å². The fraction of sp³-hybridized carbons (Fsp3) is 0.875. The maximum absolute atomic E-state index is 12.9. The highest BCUT2D eigenvalue weighted by molar-refractivity contribution is 5.80. The second kappa shape index (κ2) is 31.2. The fourth-order valence-corrected chi connectivity index (χ4v) is 6.24. The van der Waals surface area contributed by atoms with Gasteiger partial charge in [-0.2, -0.15) is 0 Å². The van der Waals surface area contributed by atoms with E-state index in [2.05, 4.69) is 31.3 Å². The smallest absolute Gasteiger partial charge is 0.249 e. The zero-order valence-electron chi connectivity index (χ0n) is 31.5. The van der Waals surface area contributed by atoms with E-state index in [-0.39, 0.29) is 6.61 Å². The van der Waals surface area contributed by atoms with Crippen LogP contribution in [0.15, 0.2) is 24.3 Å². The predicted molar refractivity (Wildman–Crippen MR) is 199 cm³/mol. The third kappa shape index (κ3) is 21.9. The molecule has 1 heterocycles. The number of carbonyl (C=O) groups excluding carboxylic acids is 1. The second-order valence-corrected chi connectivity index (χ2v) is 14.2. The van der Waals surface area contributed by atoms with Crippen LogP contribution in [0.2, 0.25) is 0 Å². The summed E-state index contributed by atoms with van der Waals surface area (Å²) < 4.78 is 11.1. The molecule has 1 aliphatic heterocycles. The molecule has 1 fully saturated rings. The lowest BCUT2D eigenvalue weighted by Crippen LogP contribution is -2.60. The van der Waals surface area contributed by atoms with Crippen molar-refractivity contribution in [1.29, 1.82) is 0 Å². The molecular weight excluding hydrogens is 638 g/mol. The number of ether oxygens (including phenoxy) is 2. The van der Waals surface area contributed by atoms with Crippen LogP contribution in [0, 0.1) is 0 Å². The van der Waals surface area contributed by atoms with Gasteiger partial charge >= 0.3 is 0 Å². The van der Waals surface area contributed by atoms with Crippen LogP contribution in [0.4, 0.5) is 0 Å². The average molecular weight is 714 g/mol. The first-order chi connectivity index (χ1) is 24.3. The van der Waals surface area contributed by atoms with Gasteiger partial charge in [-0.1, -0.05) is 154 Å². The number of hydrogen-bond donors (Lipinski definition) is 7. The Kier molecular flexibility index (Phi) is 29.1. The van der Waals surface area contributed by atoms with Gasteiger partial charge in [-0.25, -0.2) is 0 Å². The fourth-order valence-electron chi connectivity index (χ4n) is 6.24. The van der Waals surface area contributed by atoms with Crippen molar-refractivity contribution in [3.63, 3.8) is 0 Å². The summed E-state index contributed by atoms with van der Waals surface area (Å²) in [6.07, 6.45) is 24.1. The largest absolute Gasteiger partial charge is 0.394 e. The van der Waals surface area contributed by atoms with Crippen molar-refractivity contribution in [3.05, 3.63) is 24.3 Å². The van der Waals surface area contributed by atoms with E-state index >= 15 is 0 Å². The van der Waals surface area contributed by atoms with Gasteiger partial charge in [-0.3, -0.25) is 4.79 Å². The van der Waals surface area contributed by atoms with E-state index in [0.717, 1.165) is 32.1 Å². The van der Waals surface area contributed by atoms with Crippen LogP contribution in [-0.4, -0.2) is 98.7 Å². The molecule has 7 N–H and O–H groups in total. The summed E-state index contributed by atoms with van der Waals surface area (Å²) >= 11 is 0. The van der Waals surface area contributed by atoms with Crippen molar-refractivity contribution in [2.45, 2.75) is 210 Å². The molecule has 10 heteroatoms. The molecule has 1 aliphatic rings. The lowest BCUT2D eigenvalue weighted by atomic mass is 9.99. The number of unbranched alkanes of at least 4 members (excludes halogenated alkanes) is 19. The molecule has 0 aromatic carbocycles. The van der Waals surface area contributed by atoms with Gasteiger partial charge in [0, 0.05) is 0 Å². The zero-order valence-corrected chi connectivity index (χ0v) is 31.5.